The number of fused-ring (bicyclic) bond motifs is 1. The van der Waals surface area contributed by atoms with Crippen LogP contribution < -0.4 is 10.2 Å². The van der Waals surface area contributed by atoms with Crippen LogP contribution in [0, 0.1) is 0 Å². The summed E-state index contributed by atoms with van der Waals surface area (Å²) >= 11 is 1.40. The van der Waals surface area contributed by atoms with E-state index < -0.39 is 0 Å². The van der Waals surface area contributed by atoms with E-state index in [9.17, 15) is 4.79 Å². The van der Waals surface area contributed by atoms with Crippen molar-refractivity contribution >= 4 is 28.1 Å². The Morgan fingerprint density at radius 1 is 1.29 bits per heavy atom. The van der Waals surface area contributed by atoms with Crippen LogP contribution in [0.2, 0.25) is 0 Å². The van der Waals surface area contributed by atoms with E-state index in [4.69, 9.17) is 4.42 Å². The average molecular weight is 397 g/mol. The molecule has 0 spiro atoms. The number of hydrogen-bond acceptors (Lipinski definition) is 6. The van der Waals surface area contributed by atoms with E-state index >= 15 is 0 Å². The number of nitrogens with zero attached hydrogens (tertiary/aromatic N) is 3. The van der Waals surface area contributed by atoms with Gasteiger partial charge in [0.2, 0.25) is 5.13 Å². The lowest BCUT2D eigenvalue weighted by atomic mass is 9.98. The maximum atomic E-state index is 12.8. The molecule has 3 heterocycles. The number of benzene rings is 1. The van der Waals surface area contributed by atoms with E-state index in [-0.39, 0.29) is 11.3 Å². The number of aromatic nitrogens is 2. The lowest BCUT2D eigenvalue weighted by molar-refractivity contribution is 0.102. The van der Waals surface area contributed by atoms with E-state index in [1.807, 2.05) is 6.07 Å². The topological polar surface area (TPSA) is 71.3 Å². The number of para-hydroxylation sites is 1. The largest absolute Gasteiger partial charge is 0.467 e. The number of nitrogens with one attached hydrogen (secondary N) is 1. The smallest absolute Gasteiger partial charge is 0.261 e. The highest BCUT2D eigenvalue weighted by molar-refractivity contribution is 7.15. The fourth-order valence-corrected chi connectivity index (χ4v) is 4.23. The van der Waals surface area contributed by atoms with Crippen LogP contribution in [0.5, 0.6) is 0 Å². The molecule has 0 fully saturated rings. The molecule has 1 aromatic carbocycles. The molecule has 0 saturated heterocycles. The Bertz CT molecular complexity index is 1000. The number of carbonyl (C=O) groups is 1. The molecule has 3 aromatic rings. The van der Waals surface area contributed by atoms with Crippen LogP contribution in [0.25, 0.3) is 0 Å². The van der Waals surface area contributed by atoms with Crippen molar-refractivity contribution in [3.8, 4) is 0 Å². The Kier molecular flexibility index (Phi) is 4.71. The minimum Gasteiger partial charge on any atom is -0.467 e. The first-order chi connectivity index (χ1) is 13.3. The zero-order chi connectivity index (χ0) is 19.9. The summed E-state index contributed by atoms with van der Waals surface area (Å²) in [5, 5.41) is 12.5. The molecule has 146 valence electrons. The van der Waals surface area contributed by atoms with Gasteiger partial charge in [-0.25, -0.2) is 0 Å². The second kappa shape index (κ2) is 7.05. The van der Waals surface area contributed by atoms with Gasteiger partial charge in [-0.2, -0.15) is 0 Å². The quantitative estimate of drug-likeness (QED) is 0.696. The predicted molar refractivity (Wildman–Crippen MR) is 111 cm³/mol. The molecule has 1 atom stereocenters. The summed E-state index contributed by atoms with van der Waals surface area (Å²) < 4.78 is 5.67. The normalized spacial score (nSPS) is 16.3. The number of hydrogen-bond donors (Lipinski definition) is 1. The van der Waals surface area contributed by atoms with Crippen molar-refractivity contribution in [1.29, 1.82) is 0 Å². The van der Waals surface area contributed by atoms with Gasteiger partial charge >= 0.3 is 0 Å². The maximum Gasteiger partial charge on any atom is 0.261 e. The van der Waals surface area contributed by atoms with Crippen molar-refractivity contribution in [1.82, 2.24) is 10.2 Å². The molecule has 0 bridgehead atoms. The van der Waals surface area contributed by atoms with Crippen molar-refractivity contribution in [3.63, 3.8) is 0 Å². The van der Waals surface area contributed by atoms with Crippen LogP contribution in [-0.2, 0) is 18.4 Å². The fraction of sp³-hybridized carbons (Fsp3) is 0.381. The molecule has 2 aromatic heterocycles. The first-order valence-corrected chi connectivity index (χ1v) is 10.2. The molecule has 1 N–H and O–H groups in total. The third kappa shape index (κ3) is 3.54. The minimum atomic E-state index is -0.222. The summed E-state index contributed by atoms with van der Waals surface area (Å²) in [7, 11) is 0. The number of furan rings is 1. The Morgan fingerprint density at radius 3 is 2.82 bits per heavy atom. The molecule has 0 aliphatic carbocycles. The molecule has 0 saturated carbocycles. The Labute approximate surface area is 168 Å². The van der Waals surface area contributed by atoms with E-state index in [1.54, 1.807) is 12.3 Å². The highest BCUT2D eigenvalue weighted by Gasteiger charge is 2.28. The summed E-state index contributed by atoms with van der Waals surface area (Å²) in [5.74, 6) is 0.433. The van der Waals surface area contributed by atoms with Crippen molar-refractivity contribution in [2.24, 2.45) is 0 Å². The number of anilines is 2. The number of rotatable bonds is 4. The molecule has 1 amide bonds. The van der Waals surface area contributed by atoms with E-state index in [0.29, 0.717) is 29.0 Å². The first kappa shape index (κ1) is 18.7. The maximum absolute atomic E-state index is 12.8. The molecule has 6 nitrogen and oxygen atoms in total. The molecule has 7 heteroatoms. The Balaban J connectivity index is 1.51. The predicted octanol–water partition coefficient (Wildman–Crippen LogP) is 4.63. The second-order valence-electron chi connectivity index (χ2n) is 8.18. The highest BCUT2D eigenvalue weighted by Crippen LogP contribution is 2.34. The van der Waals surface area contributed by atoms with Crippen LogP contribution >= 0.6 is 11.3 Å². The third-order valence-electron chi connectivity index (χ3n) is 4.94. The van der Waals surface area contributed by atoms with Gasteiger partial charge in [0.25, 0.3) is 5.91 Å². The second-order valence-corrected chi connectivity index (χ2v) is 9.16. The van der Waals surface area contributed by atoms with Gasteiger partial charge in [0.1, 0.15) is 10.8 Å². The van der Waals surface area contributed by atoms with Gasteiger partial charge in [-0.3, -0.25) is 10.1 Å². The van der Waals surface area contributed by atoms with Crippen LogP contribution in [0.1, 0.15) is 54.4 Å². The van der Waals surface area contributed by atoms with Gasteiger partial charge in [-0.05, 0) is 31.0 Å². The van der Waals surface area contributed by atoms with E-state index in [1.165, 1.54) is 22.6 Å². The molecule has 0 radical (unpaired) electrons. The van der Waals surface area contributed by atoms with Gasteiger partial charge in [0, 0.05) is 17.1 Å². The van der Waals surface area contributed by atoms with Gasteiger partial charge in [0.05, 0.1) is 18.4 Å². The van der Waals surface area contributed by atoms with Crippen LogP contribution in [-0.4, -0.2) is 22.1 Å². The van der Waals surface area contributed by atoms with E-state index in [0.717, 1.165) is 11.4 Å². The van der Waals surface area contributed by atoms with Crippen LogP contribution in [0.4, 0.5) is 10.8 Å². The number of amides is 1. The van der Waals surface area contributed by atoms with Crippen molar-refractivity contribution < 1.29 is 9.21 Å². The summed E-state index contributed by atoms with van der Waals surface area (Å²) in [4.78, 5) is 15.1. The molecular weight excluding hydrogens is 372 g/mol. The lowest BCUT2D eigenvalue weighted by Crippen LogP contribution is -2.29. The average Bonchev–Trinajstić information content (AvgIpc) is 3.34. The lowest BCUT2D eigenvalue weighted by Gasteiger charge is -2.24. The Hall–Kier alpha value is -2.67. The van der Waals surface area contributed by atoms with Gasteiger partial charge in [-0.15, -0.1) is 10.2 Å². The standard InChI is InChI=1S/C21H24N4O2S/c1-13-11-14-7-5-6-8-16(14)25(13)12-17-15(9-10-27-17)18(26)22-20-24-23-19(28-20)21(2,3)4/h5-10,13H,11-12H2,1-4H3,(H,22,24,26). The fourth-order valence-electron chi connectivity index (χ4n) is 3.43. The minimum absolute atomic E-state index is 0.0965. The molecule has 1 unspecified atom stereocenters. The van der Waals surface area contributed by atoms with Crippen molar-refractivity contribution in [3.05, 3.63) is 58.5 Å². The number of carbonyl (C=O) groups excluding carboxylic acids is 1. The zero-order valence-corrected chi connectivity index (χ0v) is 17.3. The molecular formula is C21H24N4O2S. The van der Waals surface area contributed by atoms with Crippen molar-refractivity contribution in [2.75, 3.05) is 10.2 Å². The first-order valence-electron chi connectivity index (χ1n) is 9.39. The van der Waals surface area contributed by atoms with Gasteiger partial charge < -0.3 is 9.32 Å². The van der Waals surface area contributed by atoms with E-state index in [2.05, 4.69) is 66.3 Å². The monoisotopic (exact) mass is 396 g/mol. The third-order valence-corrected chi connectivity index (χ3v) is 6.20. The van der Waals surface area contributed by atoms with Crippen molar-refractivity contribution in [2.45, 2.75) is 52.1 Å². The molecule has 1 aliphatic heterocycles. The molecule has 28 heavy (non-hydrogen) atoms. The summed E-state index contributed by atoms with van der Waals surface area (Å²) in [6.45, 7) is 8.96. The SMILES string of the molecule is CC1Cc2ccccc2N1Cc1occc1C(=O)Nc1nnc(C(C)(C)C)s1. The van der Waals surface area contributed by atoms with Gasteiger partial charge in [0.15, 0.2) is 0 Å². The molecule has 1 aliphatic rings. The Morgan fingerprint density at radius 2 is 2.07 bits per heavy atom. The summed E-state index contributed by atoms with van der Waals surface area (Å²) in [6, 6.07) is 10.5. The highest BCUT2D eigenvalue weighted by atomic mass is 32.1. The summed E-state index contributed by atoms with van der Waals surface area (Å²) in [5.41, 5.74) is 2.97. The summed E-state index contributed by atoms with van der Waals surface area (Å²) in [6.07, 6.45) is 2.57. The van der Waals surface area contributed by atoms with Crippen LogP contribution in [0.3, 0.4) is 0 Å². The zero-order valence-electron chi connectivity index (χ0n) is 16.5. The van der Waals surface area contributed by atoms with Gasteiger partial charge in [-0.1, -0.05) is 50.3 Å². The van der Waals surface area contributed by atoms with Crippen LogP contribution in [0.15, 0.2) is 41.0 Å². The molecule has 4 rings (SSSR count).